The van der Waals surface area contributed by atoms with E-state index in [0.717, 1.165) is 98.4 Å². The van der Waals surface area contributed by atoms with E-state index in [0.29, 0.717) is 106 Å². The Labute approximate surface area is 792 Å². The molecule has 0 saturated carbocycles. The smallest absolute Gasteiger partial charge is 0.380 e. The Morgan fingerprint density at radius 3 is 0.948 bits per heavy atom. The molecule has 12 aromatic carbocycles. The molecular formula is C103H90Br2N7O18S4+3. The highest BCUT2D eigenvalue weighted by Crippen LogP contribution is 2.46. The minimum absolute atomic E-state index is 0.0808. The average Bonchev–Trinajstić information content (AvgIpc) is 1.62. The van der Waals surface area contributed by atoms with Crippen LogP contribution < -0.4 is 42.6 Å². The van der Waals surface area contributed by atoms with Crippen LogP contribution in [0.4, 0.5) is 17.1 Å². The molecule has 0 aliphatic carbocycles. The summed E-state index contributed by atoms with van der Waals surface area (Å²) in [6.07, 6.45) is 13.4. The van der Waals surface area contributed by atoms with Crippen molar-refractivity contribution in [3.63, 3.8) is 0 Å². The van der Waals surface area contributed by atoms with Gasteiger partial charge in [0.05, 0.1) is 35.0 Å². The van der Waals surface area contributed by atoms with Crippen molar-refractivity contribution < 1.29 is 93.0 Å². The van der Waals surface area contributed by atoms with Crippen molar-refractivity contribution in [2.45, 2.75) is 58.2 Å². The first-order valence-corrected chi connectivity index (χ1v) is 50.6. The van der Waals surface area contributed by atoms with Gasteiger partial charge >= 0.3 is 48.0 Å². The third kappa shape index (κ3) is 22.8. The summed E-state index contributed by atoms with van der Waals surface area (Å²) in [7, 11) is -17.5. The van der Waals surface area contributed by atoms with Crippen molar-refractivity contribution in [3.05, 3.63) is 377 Å². The summed E-state index contributed by atoms with van der Waals surface area (Å²) in [5.41, 5.74) is 18.7. The number of hydrogen-bond acceptors (Lipinski definition) is 18. The van der Waals surface area contributed by atoms with Crippen LogP contribution in [0.3, 0.4) is 0 Å². The normalized spacial score (nSPS) is 14.1. The largest absolute Gasteiger partial charge is 0.439 e. The SMILES string of the molecule is CCC(=C/c1oc2ccc(-c3ccc(Br)cc3)cc2[n+]1CS(=O)(=O)O)/C=C1/Oc2ccc(-c3ccc(Br)cc3)cc2N1CC.CCC(=C/c1oc2ccc(-c3ccccc3)cc2[n+]1CS(=O)(=O)O)/C=C1\Oc2ccc(-c3ccccc3)cc2N1CCS(=O)(=O)O.CCN1C(=Cc2oc3ccc(-c4ccccc4)cc3[n+]2CS(=O)(=O)O)Oc2ccc(-c3ccccc3)cc21.c1ccncc1. The summed E-state index contributed by atoms with van der Waals surface area (Å²) in [6.45, 7) is 9.20. The van der Waals surface area contributed by atoms with Gasteiger partial charge in [0, 0.05) is 71.3 Å². The van der Waals surface area contributed by atoms with Gasteiger partial charge in [-0.25, -0.2) is 0 Å². The molecule has 0 radical (unpaired) electrons. The molecule has 31 heteroatoms. The maximum absolute atomic E-state index is 12.1. The molecular weight excluding hydrogens is 1910 g/mol. The summed E-state index contributed by atoms with van der Waals surface area (Å²) in [5, 5.41) is 0. The second-order valence-electron chi connectivity index (χ2n) is 31.2. The van der Waals surface area contributed by atoms with Gasteiger partial charge in [0.25, 0.3) is 44.3 Å². The maximum atomic E-state index is 12.1. The van der Waals surface area contributed by atoms with Crippen LogP contribution in [-0.2, 0) is 58.1 Å². The molecule has 0 spiro atoms. The minimum atomic E-state index is -4.45. The lowest BCUT2D eigenvalue weighted by Crippen LogP contribution is -2.39. The highest BCUT2D eigenvalue weighted by Gasteiger charge is 2.36. The first kappa shape index (κ1) is 93.5. The van der Waals surface area contributed by atoms with E-state index in [9.17, 15) is 51.9 Å². The second-order valence-corrected chi connectivity index (χ2v) is 38.8. The predicted molar refractivity (Wildman–Crippen MR) is 528 cm³/mol. The number of anilines is 3. The summed E-state index contributed by atoms with van der Waals surface area (Å²) in [4.78, 5) is 9.57. The Kier molecular flexibility index (Phi) is 28.5. The Morgan fingerprint density at radius 1 is 0.336 bits per heavy atom. The molecule has 25 nitrogen and oxygen atoms in total. The number of aromatic nitrogens is 4. The zero-order chi connectivity index (χ0) is 94.0. The molecule has 0 unspecified atom stereocenters. The number of allylic oxidation sites excluding steroid dienone is 4. The van der Waals surface area contributed by atoms with Gasteiger partial charge in [-0.15, -0.1) is 13.7 Å². The third-order valence-electron chi connectivity index (χ3n) is 22.1. The molecule has 0 fully saturated rings. The van der Waals surface area contributed by atoms with Crippen molar-refractivity contribution in [2.24, 2.45) is 0 Å². The lowest BCUT2D eigenvalue weighted by molar-refractivity contribution is -0.658. The van der Waals surface area contributed by atoms with Crippen molar-refractivity contribution in [1.82, 2.24) is 4.98 Å². The van der Waals surface area contributed by atoms with Crippen LogP contribution in [0, 0.1) is 0 Å². The molecule has 0 bridgehead atoms. The van der Waals surface area contributed by atoms with E-state index in [1.54, 1.807) is 65.9 Å². The van der Waals surface area contributed by atoms with Crippen molar-refractivity contribution in [3.8, 4) is 84.0 Å². The van der Waals surface area contributed by atoms with Gasteiger partial charge in [-0.1, -0.05) is 234 Å². The first-order chi connectivity index (χ1) is 64.5. The van der Waals surface area contributed by atoms with Gasteiger partial charge in [-0.3, -0.25) is 23.2 Å². The summed E-state index contributed by atoms with van der Waals surface area (Å²) < 4.78 is 178. The third-order valence-corrected chi connectivity index (χ3v) is 25.6. The summed E-state index contributed by atoms with van der Waals surface area (Å²) >= 11 is 6.96. The molecule has 0 amide bonds. The lowest BCUT2D eigenvalue weighted by atomic mass is 10.0. The van der Waals surface area contributed by atoms with Crippen LogP contribution >= 0.6 is 31.9 Å². The van der Waals surface area contributed by atoms with Crippen molar-refractivity contribution in [2.75, 3.05) is 40.1 Å². The molecule has 4 N–H and O–H groups in total. The topological polar surface area (TPSA) is 319 Å². The van der Waals surface area contributed by atoms with Crippen LogP contribution in [0.25, 0.3) is 118 Å². The van der Waals surface area contributed by atoms with Crippen LogP contribution in [0.1, 0.15) is 58.2 Å². The summed E-state index contributed by atoms with van der Waals surface area (Å²) in [6, 6.07) is 95.3. The quantitative estimate of drug-likeness (QED) is 0.0322. The molecule has 7 heterocycles. The molecule has 16 aromatic rings. The predicted octanol–water partition coefficient (Wildman–Crippen LogP) is 22.5. The lowest BCUT2D eigenvalue weighted by Gasteiger charge is -2.18. The Morgan fingerprint density at radius 2 is 0.627 bits per heavy atom. The van der Waals surface area contributed by atoms with Crippen molar-refractivity contribution >= 4 is 141 Å². The minimum Gasteiger partial charge on any atom is -0.439 e. The number of rotatable bonds is 24. The van der Waals surface area contributed by atoms with E-state index < -0.39 is 63.9 Å². The number of ether oxygens (including phenoxy) is 3. The van der Waals surface area contributed by atoms with Crippen LogP contribution in [0.2, 0.25) is 0 Å². The van der Waals surface area contributed by atoms with Crippen LogP contribution in [-0.4, -0.2) is 82.3 Å². The molecule has 0 saturated heterocycles. The van der Waals surface area contributed by atoms with Crippen molar-refractivity contribution in [1.29, 1.82) is 0 Å². The number of nitrogens with zero attached hydrogens (tertiary/aromatic N) is 7. The van der Waals surface area contributed by atoms with E-state index in [-0.39, 0.29) is 18.3 Å². The zero-order valence-electron chi connectivity index (χ0n) is 72.7. The number of pyridine rings is 1. The molecule has 4 aromatic heterocycles. The van der Waals surface area contributed by atoms with Gasteiger partial charge in [0.1, 0.15) is 6.08 Å². The number of oxazole rings is 3. The first-order valence-electron chi connectivity index (χ1n) is 42.6. The van der Waals surface area contributed by atoms with E-state index in [4.69, 9.17) is 27.5 Å². The van der Waals surface area contributed by atoms with Crippen LogP contribution in [0.15, 0.2) is 373 Å². The monoisotopic (exact) mass is 2000 g/mol. The molecule has 3 aliphatic heterocycles. The standard InChI is InChI=1S/C34H28Br2N2O5S.C34H30N2O8S2.C30H24N2O5S.C5H5N/c1-3-22(17-33-37(4-2)29-19-25(9-15-31(29)42-33)23-5-11-27(35)12-6-23)18-34-38(21-44(39,40)41)30-20-26(10-16-32(30)43-34)24-7-13-28(36)14-8-24;1-2-24(20-34-36(23-46(40,41)42)30-22-28(14-16-32(30)44-34)26-11-7-4-8-12-26)19-33-35(17-18-45(37,38)39)29-21-27(13-15-31(29)43-33)25-9-5-3-6-10-25;1-2-31-25-17-23(21-9-5-3-6-10-21)13-15-27(25)36-29(31)19-30-32(20-38(33,34)35)26-18-24(14-16-28(26)37-30)22-11-7-4-8-12-22;1-2-4-6-5-3-1/h5-20H,3-4,21H2,1-2H3;3-16,19-22H,2,17-18,23H2,1H3,(H-,37,38,39,40,41,42);3-19H,2,20H2,1H3;1-5H/p+3. The number of fused-ring (bicyclic) bond motifs is 6. The van der Waals surface area contributed by atoms with E-state index in [1.807, 2.05) is 268 Å². The zero-order valence-corrected chi connectivity index (χ0v) is 79.2. The molecule has 3 aliphatic rings. The Bertz CT molecular complexity index is 7670. The van der Waals surface area contributed by atoms with E-state index in [2.05, 4.69) is 85.1 Å². The second kappa shape index (κ2) is 40.8. The number of benzene rings is 12. The fraction of sp³-hybridized carbons (Fsp3) is 0.126. The fourth-order valence-electron chi connectivity index (χ4n) is 15.7. The Balaban J connectivity index is 0.000000142. The molecule has 134 heavy (non-hydrogen) atoms. The van der Waals surface area contributed by atoms with E-state index in [1.165, 1.54) is 13.7 Å². The average molecular weight is 2000 g/mol. The Hall–Kier alpha value is -13.7. The highest BCUT2D eigenvalue weighted by molar-refractivity contribution is 9.10. The molecule has 0 atom stereocenters. The molecule has 19 rings (SSSR count). The number of hydrogen-bond donors (Lipinski definition) is 4. The summed E-state index contributed by atoms with van der Waals surface area (Å²) in [5.74, 6) is 1.60. The molecule has 680 valence electrons. The van der Waals surface area contributed by atoms with Gasteiger partial charge in [0.2, 0.25) is 34.4 Å². The highest BCUT2D eigenvalue weighted by atomic mass is 79.9. The number of halogens is 2. The van der Waals surface area contributed by atoms with E-state index >= 15 is 0 Å². The van der Waals surface area contributed by atoms with Gasteiger partial charge in [0.15, 0.2) is 17.2 Å². The van der Waals surface area contributed by atoms with Gasteiger partial charge < -0.3 is 42.2 Å². The fourth-order valence-corrected chi connectivity index (χ4v) is 18.4. The van der Waals surface area contributed by atoms with Crippen LogP contribution in [0.5, 0.6) is 17.2 Å². The van der Waals surface area contributed by atoms with Gasteiger partial charge in [-0.2, -0.15) is 33.7 Å². The van der Waals surface area contributed by atoms with Gasteiger partial charge in [-0.05, 0) is 196 Å². The maximum Gasteiger partial charge on any atom is 0.380 e.